The summed E-state index contributed by atoms with van der Waals surface area (Å²) in [6.45, 7) is 4.43. The van der Waals surface area contributed by atoms with Gasteiger partial charge in [-0.05, 0) is 44.4 Å². The van der Waals surface area contributed by atoms with E-state index in [1.54, 1.807) is 13.2 Å². The van der Waals surface area contributed by atoms with Crippen LogP contribution in [0.15, 0.2) is 18.2 Å². The Bertz CT molecular complexity index is 585. The molecule has 3 N–H and O–H groups in total. The van der Waals surface area contributed by atoms with Gasteiger partial charge in [-0.25, -0.2) is 4.79 Å². The molecular weight excluding hydrogens is 310 g/mol. The maximum atomic E-state index is 12.0. The van der Waals surface area contributed by atoms with E-state index in [0.29, 0.717) is 11.4 Å². The van der Waals surface area contributed by atoms with Gasteiger partial charge in [0.15, 0.2) is 0 Å². The quantitative estimate of drug-likeness (QED) is 0.740. The van der Waals surface area contributed by atoms with E-state index in [0.717, 1.165) is 25.0 Å². The maximum absolute atomic E-state index is 12.0. The molecule has 3 amide bonds. The van der Waals surface area contributed by atoms with Gasteiger partial charge < -0.3 is 25.4 Å². The van der Waals surface area contributed by atoms with Gasteiger partial charge in [0.25, 0.3) is 0 Å². The Morgan fingerprint density at radius 1 is 1.42 bits per heavy atom. The first-order chi connectivity index (χ1) is 11.5. The number of carbonyl (C=O) groups excluding carboxylic acids is 2. The second-order valence-electron chi connectivity index (χ2n) is 5.92. The van der Waals surface area contributed by atoms with E-state index in [9.17, 15) is 9.59 Å². The normalized spacial score (nSPS) is 17.9. The standard InChI is InChI=1S/C17H25N3O4/c1-11-6-7-15(23-3)13(9-11)20-16(21)10-18-17(22)19-12(2)14-5-4-8-24-14/h6-7,9,12,14H,4-5,8,10H2,1-3H3,(H,20,21)(H2,18,19,22). The van der Waals surface area contributed by atoms with Crippen LogP contribution in [0.25, 0.3) is 0 Å². The van der Waals surface area contributed by atoms with Gasteiger partial charge in [0.05, 0.1) is 31.5 Å². The molecule has 0 radical (unpaired) electrons. The molecule has 7 heteroatoms. The summed E-state index contributed by atoms with van der Waals surface area (Å²) in [4.78, 5) is 23.9. The van der Waals surface area contributed by atoms with Crippen LogP contribution in [0.2, 0.25) is 0 Å². The van der Waals surface area contributed by atoms with Crippen molar-refractivity contribution >= 4 is 17.6 Å². The summed E-state index contributed by atoms with van der Waals surface area (Å²) in [5, 5.41) is 8.08. The van der Waals surface area contributed by atoms with E-state index in [2.05, 4.69) is 16.0 Å². The summed E-state index contributed by atoms with van der Waals surface area (Å²) in [6.07, 6.45) is 2.00. The lowest BCUT2D eigenvalue weighted by Crippen LogP contribution is -2.47. The molecule has 24 heavy (non-hydrogen) atoms. The van der Waals surface area contributed by atoms with Crippen LogP contribution in [0.3, 0.4) is 0 Å². The van der Waals surface area contributed by atoms with Crippen LogP contribution in [0.5, 0.6) is 5.75 Å². The number of anilines is 1. The second kappa shape index (κ2) is 8.54. The third-order valence-corrected chi connectivity index (χ3v) is 3.92. The Morgan fingerprint density at radius 3 is 2.88 bits per heavy atom. The van der Waals surface area contributed by atoms with Crippen molar-refractivity contribution in [3.05, 3.63) is 23.8 Å². The van der Waals surface area contributed by atoms with Crippen molar-refractivity contribution in [2.24, 2.45) is 0 Å². The first-order valence-corrected chi connectivity index (χ1v) is 8.10. The van der Waals surface area contributed by atoms with E-state index in [-0.39, 0.29) is 30.6 Å². The minimum atomic E-state index is -0.385. The molecule has 2 rings (SSSR count). The Hall–Kier alpha value is -2.28. The molecule has 1 aromatic carbocycles. The number of nitrogens with one attached hydrogen (secondary N) is 3. The first kappa shape index (κ1) is 18.1. The largest absolute Gasteiger partial charge is 0.495 e. The zero-order valence-corrected chi connectivity index (χ0v) is 14.3. The molecule has 0 aromatic heterocycles. The second-order valence-corrected chi connectivity index (χ2v) is 5.92. The van der Waals surface area contributed by atoms with Crippen molar-refractivity contribution in [3.8, 4) is 5.75 Å². The molecular formula is C17H25N3O4. The van der Waals surface area contributed by atoms with E-state index in [4.69, 9.17) is 9.47 Å². The van der Waals surface area contributed by atoms with Crippen LogP contribution in [-0.4, -0.2) is 44.3 Å². The fourth-order valence-corrected chi connectivity index (χ4v) is 2.62. The molecule has 1 fully saturated rings. The molecule has 2 unspecified atom stereocenters. The third-order valence-electron chi connectivity index (χ3n) is 3.92. The van der Waals surface area contributed by atoms with Crippen LogP contribution in [0, 0.1) is 6.92 Å². The number of hydrogen-bond acceptors (Lipinski definition) is 4. The molecule has 0 spiro atoms. The fraction of sp³-hybridized carbons (Fsp3) is 0.529. The van der Waals surface area contributed by atoms with Gasteiger partial charge in [0.2, 0.25) is 5.91 Å². The monoisotopic (exact) mass is 335 g/mol. The van der Waals surface area contributed by atoms with Crippen LogP contribution in [0.4, 0.5) is 10.5 Å². The van der Waals surface area contributed by atoms with E-state index in [1.165, 1.54) is 0 Å². The van der Waals surface area contributed by atoms with Gasteiger partial charge in [-0.15, -0.1) is 0 Å². The van der Waals surface area contributed by atoms with E-state index in [1.807, 2.05) is 26.0 Å². The van der Waals surface area contributed by atoms with Crippen LogP contribution >= 0.6 is 0 Å². The average Bonchev–Trinajstić information content (AvgIpc) is 3.08. The summed E-state index contributed by atoms with van der Waals surface area (Å²) >= 11 is 0. The molecule has 0 bridgehead atoms. The predicted octanol–water partition coefficient (Wildman–Crippen LogP) is 1.81. The zero-order valence-electron chi connectivity index (χ0n) is 14.3. The number of urea groups is 1. The SMILES string of the molecule is COc1ccc(C)cc1NC(=O)CNC(=O)NC(C)C1CCCO1. The van der Waals surface area contributed by atoms with Gasteiger partial charge >= 0.3 is 6.03 Å². The topological polar surface area (TPSA) is 88.7 Å². The molecule has 1 aromatic rings. The lowest BCUT2D eigenvalue weighted by molar-refractivity contribution is -0.115. The average molecular weight is 335 g/mol. The van der Waals surface area contributed by atoms with E-state index >= 15 is 0 Å². The molecule has 0 aliphatic carbocycles. The highest BCUT2D eigenvalue weighted by Gasteiger charge is 2.23. The Balaban J connectivity index is 1.78. The van der Waals surface area contributed by atoms with Crippen LogP contribution < -0.4 is 20.7 Å². The number of amides is 3. The highest BCUT2D eigenvalue weighted by Crippen LogP contribution is 2.24. The van der Waals surface area contributed by atoms with Gasteiger partial charge in [0, 0.05) is 6.61 Å². The fourth-order valence-electron chi connectivity index (χ4n) is 2.62. The molecule has 1 aliphatic rings. The minimum Gasteiger partial charge on any atom is -0.495 e. The predicted molar refractivity (Wildman–Crippen MR) is 91.3 cm³/mol. The minimum absolute atomic E-state index is 0.0427. The smallest absolute Gasteiger partial charge is 0.315 e. The third kappa shape index (κ3) is 5.13. The zero-order chi connectivity index (χ0) is 17.5. The summed E-state index contributed by atoms with van der Waals surface area (Å²) in [5.74, 6) is 0.254. The highest BCUT2D eigenvalue weighted by molar-refractivity contribution is 5.95. The Kier molecular flexibility index (Phi) is 6.43. The number of carbonyl (C=O) groups is 2. The number of benzene rings is 1. The number of rotatable bonds is 6. The maximum Gasteiger partial charge on any atom is 0.315 e. The van der Waals surface area contributed by atoms with Gasteiger partial charge in [-0.2, -0.15) is 0 Å². The molecule has 7 nitrogen and oxygen atoms in total. The molecule has 1 aliphatic heterocycles. The van der Waals surface area contributed by atoms with Crippen LogP contribution in [-0.2, 0) is 9.53 Å². The Labute approximate surface area is 142 Å². The van der Waals surface area contributed by atoms with Crippen LogP contribution in [0.1, 0.15) is 25.3 Å². The lowest BCUT2D eigenvalue weighted by Gasteiger charge is -2.20. The number of hydrogen-bond donors (Lipinski definition) is 3. The summed E-state index contributed by atoms with van der Waals surface area (Å²) in [5.41, 5.74) is 1.58. The van der Waals surface area contributed by atoms with Gasteiger partial charge in [-0.1, -0.05) is 6.07 Å². The van der Waals surface area contributed by atoms with Crippen molar-refractivity contribution < 1.29 is 19.1 Å². The van der Waals surface area contributed by atoms with Crippen molar-refractivity contribution in [1.82, 2.24) is 10.6 Å². The number of ether oxygens (including phenoxy) is 2. The number of aryl methyl sites for hydroxylation is 1. The summed E-state index contributed by atoms with van der Waals surface area (Å²) in [6, 6.07) is 5.02. The van der Waals surface area contributed by atoms with Crippen molar-refractivity contribution in [2.45, 2.75) is 38.8 Å². The molecule has 1 saturated heterocycles. The highest BCUT2D eigenvalue weighted by atomic mass is 16.5. The number of methoxy groups -OCH3 is 1. The van der Waals surface area contributed by atoms with Crippen molar-refractivity contribution in [2.75, 3.05) is 25.6 Å². The first-order valence-electron chi connectivity index (χ1n) is 8.10. The Morgan fingerprint density at radius 2 is 2.21 bits per heavy atom. The molecule has 1 heterocycles. The molecule has 132 valence electrons. The summed E-state index contributed by atoms with van der Waals surface area (Å²) in [7, 11) is 1.54. The van der Waals surface area contributed by atoms with E-state index < -0.39 is 0 Å². The van der Waals surface area contributed by atoms with Gasteiger partial charge in [0.1, 0.15) is 5.75 Å². The van der Waals surface area contributed by atoms with Crippen molar-refractivity contribution in [1.29, 1.82) is 0 Å². The molecule has 0 saturated carbocycles. The van der Waals surface area contributed by atoms with Gasteiger partial charge in [-0.3, -0.25) is 4.79 Å². The van der Waals surface area contributed by atoms with Crippen molar-refractivity contribution in [3.63, 3.8) is 0 Å². The summed E-state index contributed by atoms with van der Waals surface area (Å²) < 4.78 is 10.7. The lowest BCUT2D eigenvalue weighted by atomic mass is 10.1. The molecule has 2 atom stereocenters.